The van der Waals surface area contributed by atoms with Gasteiger partial charge in [-0.25, -0.2) is 0 Å². The average molecular weight is 264 g/mol. The Bertz CT molecular complexity index is 386. The number of aryl methyl sites for hydroxylation is 1. The highest BCUT2D eigenvalue weighted by atomic mass is 16.7. The summed E-state index contributed by atoms with van der Waals surface area (Å²) in [6.07, 6.45) is 2.98. The summed E-state index contributed by atoms with van der Waals surface area (Å²) in [5.74, 6) is -0.667. The number of carbonyl (C=O) groups excluding carboxylic acids is 2. The van der Waals surface area contributed by atoms with E-state index in [1.54, 1.807) is 0 Å². The molecule has 0 fully saturated rings. The molecule has 0 aliphatic heterocycles. The van der Waals surface area contributed by atoms with Gasteiger partial charge in [0.2, 0.25) is 6.79 Å². The molecular weight excluding hydrogens is 244 g/mol. The minimum absolute atomic E-state index is 0.275. The predicted octanol–water partition coefficient (Wildman–Crippen LogP) is 2.85. The second kappa shape index (κ2) is 9.14. The summed E-state index contributed by atoms with van der Waals surface area (Å²) in [4.78, 5) is 22.4. The standard InChI is InChI=1S/C15H20O4/c1-2-7-14(16)18-12-19-15(17)11-6-10-13-8-4-3-5-9-13/h3-5,8-9H,2,6-7,10-12H2,1H3. The molecule has 0 saturated carbocycles. The molecule has 0 radical (unpaired) electrons. The molecule has 0 saturated heterocycles. The molecule has 0 bridgehead atoms. The summed E-state index contributed by atoms with van der Waals surface area (Å²) in [6, 6.07) is 9.96. The lowest BCUT2D eigenvalue weighted by Gasteiger charge is -2.05. The monoisotopic (exact) mass is 264 g/mol. The van der Waals surface area contributed by atoms with Crippen LogP contribution in [0.3, 0.4) is 0 Å². The van der Waals surface area contributed by atoms with Gasteiger partial charge in [-0.05, 0) is 24.8 Å². The molecule has 0 atom stereocenters. The van der Waals surface area contributed by atoms with Crippen LogP contribution in [0.4, 0.5) is 0 Å². The third-order valence-corrected chi connectivity index (χ3v) is 2.58. The molecule has 1 aromatic carbocycles. The van der Waals surface area contributed by atoms with E-state index in [9.17, 15) is 9.59 Å². The van der Waals surface area contributed by atoms with E-state index in [4.69, 9.17) is 9.47 Å². The molecule has 0 unspecified atom stereocenters. The molecular formula is C15H20O4. The van der Waals surface area contributed by atoms with Gasteiger partial charge in [-0.3, -0.25) is 9.59 Å². The van der Waals surface area contributed by atoms with Gasteiger partial charge in [0.05, 0.1) is 0 Å². The second-order valence-electron chi connectivity index (χ2n) is 4.24. The molecule has 1 rings (SSSR count). The molecule has 19 heavy (non-hydrogen) atoms. The molecule has 0 heterocycles. The predicted molar refractivity (Wildman–Crippen MR) is 71.3 cm³/mol. The fraction of sp³-hybridized carbons (Fsp3) is 0.467. The van der Waals surface area contributed by atoms with Gasteiger partial charge >= 0.3 is 11.9 Å². The number of rotatable bonds is 8. The van der Waals surface area contributed by atoms with E-state index in [0.717, 1.165) is 19.3 Å². The average Bonchev–Trinajstić information content (AvgIpc) is 2.40. The van der Waals surface area contributed by atoms with Gasteiger partial charge in [0.1, 0.15) is 0 Å². The SMILES string of the molecule is CCCC(=O)OCOC(=O)CCCc1ccccc1. The lowest BCUT2D eigenvalue weighted by molar-refractivity contribution is -0.167. The Hall–Kier alpha value is -1.84. The fourth-order valence-electron chi connectivity index (χ4n) is 1.59. The van der Waals surface area contributed by atoms with Crippen LogP contribution in [-0.4, -0.2) is 18.7 Å². The van der Waals surface area contributed by atoms with Gasteiger partial charge in [-0.1, -0.05) is 37.3 Å². The fourth-order valence-corrected chi connectivity index (χ4v) is 1.59. The lowest BCUT2D eigenvalue weighted by atomic mass is 10.1. The van der Waals surface area contributed by atoms with Crippen molar-refractivity contribution in [2.75, 3.05) is 6.79 Å². The Morgan fingerprint density at radius 2 is 1.63 bits per heavy atom. The summed E-state index contributed by atoms with van der Waals surface area (Å²) in [7, 11) is 0. The van der Waals surface area contributed by atoms with Crippen molar-refractivity contribution in [3.63, 3.8) is 0 Å². The van der Waals surface area contributed by atoms with Crippen molar-refractivity contribution < 1.29 is 19.1 Å². The topological polar surface area (TPSA) is 52.6 Å². The van der Waals surface area contributed by atoms with E-state index in [-0.39, 0.29) is 18.7 Å². The highest BCUT2D eigenvalue weighted by Gasteiger charge is 2.05. The van der Waals surface area contributed by atoms with Crippen LogP contribution in [0.2, 0.25) is 0 Å². The Morgan fingerprint density at radius 1 is 1.00 bits per heavy atom. The molecule has 4 nitrogen and oxygen atoms in total. The van der Waals surface area contributed by atoms with E-state index in [2.05, 4.69) is 0 Å². The Labute approximate surface area is 113 Å². The first-order valence-electron chi connectivity index (χ1n) is 6.57. The number of hydrogen-bond donors (Lipinski definition) is 0. The highest BCUT2D eigenvalue weighted by Crippen LogP contribution is 2.05. The zero-order valence-electron chi connectivity index (χ0n) is 11.3. The van der Waals surface area contributed by atoms with Crippen molar-refractivity contribution in [1.29, 1.82) is 0 Å². The summed E-state index contributed by atoms with van der Waals surface area (Å²) in [5, 5.41) is 0. The Morgan fingerprint density at radius 3 is 2.26 bits per heavy atom. The number of hydrogen-bond acceptors (Lipinski definition) is 4. The zero-order chi connectivity index (χ0) is 13.9. The number of ether oxygens (including phenoxy) is 2. The Balaban J connectivity index is 2.07. The maximum Gasteiger partial charge on any atom is 0.308 e. The van der Waals surface area contributed by atoms with Crippen LogP contribution in [0.25, 0.3) is 0 Å². The summed E-state index contributed by atoms with van der Waals surface area (Å²) in [5.41, 5.74) is 1.20. The van der Waals surface area contributed by atoms with E-state index in [0.29, 0.717) is 12.8 Å². The van der Waals surface area contributed by atoms with Crippen molar-refractivity contribution in [1.82, 2.24) is 0 Å². The van der Waals surface area contributed by atoms with Crippen molar-refractivity contribution in [3.8, 4) is 0 Å². The third-order valence-electron chi connectivity index (χ3n) is 2.58. The normalized spacial score (nSPS) is 9.95. The van der Waals surface area contributed by atoms with Gasteiger partial charge in [0.25, 0.3) is 0 Å². The summed E-state index contributed by atoms with van der Waals surface area (Å²) < 4.78 is 9.55. The van der Waals surface area contributed by atoms with E-state index >= 15 is 0 Å². The summed E-state index contributed by atoms with van der Waals surface area (Å²) in [6.45, 7) is 1.61. The number of esters is 2. The molecule has 0 aromatic heterocycles. The van der Waals surface area contributed by atoms with Crippen molar-refractivity contribution in [2.24, 2.45) is 0 Å². The van der Waals surface area contributed by atoms with Crippen LogP contribution in [-0.2, 0) is 25.5 Å². The van der Waals surface area contributed by atoms with E-state index < -0.39 is 0 Å². The third kappa shape index (κ3) is 7.24. The molecule has 104 valence electrons. The molecule has 0 aliphatic rings. The first-order valence-corrected chi connectivity index (χ1v) is 6.57. The van der Waals surface area contributed by atoms with Crippen LogP contribution in [0, 0.1) is 0 Å². The van der Waals surface area contributed by atoms with E-state index in [1.807, 2.05) is 37.3 Å². The van der Waals surface area contributed by atoms with Gasteiger partial charge in [-0.2, -0.15) is 0 Å². The highest BCUT2D eigenvalue weighted by molar-refractivity contribution is 5.70. The summed E-state index contributed by atoms with van der Waals surface area (Å²) >= 11 is 0. The van der Waals surface area contributed by atoms with Crippen LogP contribution >= 0.6 is 0 Å². The minimum Gasteiger partial charge on any atom is -0.428 e. The lowest BCUT2D eigenvalue weighted by Crippen LogP contribution is -2.12. The molecule has 0 aliphatic carbocycles. The quantitative estimate of drug-likeness (QED) is 0.535. The van der Waals surface area contributed by atoms with Crippen LogP contribution in [0.15, 0.2) is 30.3 Å². The van der Waals surface area contributed by atoms with Gasteiger partial charge in [-0.15, -0.1) is 0 Å². The molecule has 0 N–H and O–H groups in total. The van der Waals surface area contributed by atoms with Gasteiger partial charge in [0, 0.05) is 12.8 Å². The maximum absolute atomic E-state index is 11.4. The van der Waals surface area contributed by atoms with Crippen molar-refractivity contribution in [2.45, 2.75) is 39.0 Å². The number of carbonyl (C=O) groups is 2. The molecule has 1 aromatic rings. The maximum atomic E-state index is 11.4. The van der Waals surface area contributed by atoms with Crippen molar-refractivity contribution >= 4 is 11.9 Å². The van der Waals surface area contributed by atoms with Gasteiger partial charge in [0.15, 0.2) is 0 Å². The van der Waals surface area contributed by atoms with Gasteiger partial charge < -0.3 is 9.47 Å². The van der Waals surface area contributed by atoms with E-state index in [1.165, 1.54) is 5.56 Å². The van der Waals surface area contributed by atoms with Crippen molar-refractivity contribution in [3.05, 3.63) is 35.9 Å². The molecule has 0 spiro atoms. The second-order valence-corrected chi connectivity index (χ2v) is 4.24. The largest absolute Gasteiger partial charge is 0.428 e. The zero-order valence-corrected chi connectivity index (χ0v) is 11.3. The first kappa shape index (κ1) is 15.2. The van der Waals surface area contributed by atoms with Crippen LogP contribution in [0.5, 0.6) is 0 Å². The minimum atomic E-state index is -0.334. The van der Waals surface area contributed by atoms with Crippen LogP contribution < -0.4 is 0 Å². The number of benzene rings is 1. The molecule has 4 heteroatoms. The first-order chi connectivity index (χ1) is 9.22. The Kier molecular flexibility index (Phi) is 7.32. The molecule has 0 amide bonds. The van der Waals surface area contributed by atoms with Crippen LogP contribution in [0.1, 0.15) is 38.2 Å². The smallest absolute Gasteiger partial charge is 0.308 e.